The standard InChI is InChI=1S/C11H10FNO2S/c1-5(2)10-13-9-7(11(14)15)3-6(12)4-8(9)16-10/h3-5H,1-2H3,(H,14,15). The van der Waals surface area contributed by atoms with E-state index in [0.717, 1.165) is 11.1 Å². The van der Waals surface area contributed by atoms with Gasteiger partial charge in [0.2, 0.25) is 0 Å². The number of aromatic nitrogens is 1. The molecule has 16 heavy (non-hydrogen) atoms. The molecule has 0 spiro atoms. The van der Waals surface area contributed by atoms with E-state index in [1.807, 2.05) is 13.8 Å². The average molecular weight is 239 g/mol. The molecule has 84 valence electrons. The van der Waals surface area contributed by atoms with Gasteiger partial charge in [0.1, 0.15) is 5.82 Å². The molecule has 0 saturated carbocycles. The van der Waals surface area contributed by atoms with Crippen molar-refractivity contribution < 1.29 is 14.3 Å². The Balaban J connectivity index is 2.75. The van der Waals surface area contributed by atoms with E-state index in [1.54, 1.807) is 0 Å². The van der Waals surface area contributed by atoms with Crippen molar-refractivity contribution in [2.24, 2.45) is 0 Å². The third kappa shape index (κ3) is 1.78. The molecule has 0 aliphatic rings. The van der Waals surface area contributed by atoms with Gasteiger partial charge in [0.05, 0.1) is 20.8 Å². The number of hydrogen-bond donors (Lipinski definition) is 1. The smallest absolute Gasteiger partial charge is 0.338 e. The monoisotopic (exact) mass is 239 g/mol. The summed E-state index contributed by atoms with van der Waals surface area (Å²) in [6, 6.07) is 2.33. The molecule has 1 aromatic carbocycles. The lowest BCUT2D eigenvalue weighted by Gasteiger charge is -1.96. The fourth-order valence-electron chi connectivity index (χ4n) is 1.42. The molecule has 0 aliphatic heterocycles. The van der Waals surface area contributed by atoms with Crippen molar-refractivity contribution in [1.82, 2.24) is 4.98 Å². The number of thiazole rings is 1. The van der Waals surface area contributed by atoms with Crippen LogP contribution in [0.4, 0.5) is 4.39 Å². The maximum absolute atomic E-state index is 13.2. The maximum Gasteiger partial charge on any atom is 0.338 e. The topological polar surface area (TPSA) is 50.2 Å². The molecule has 2 rings (SSSR count). The number of halogens is 1. The second-order valence-corrected chi connectivity index (χ2v) is 4.87. The quantitative estimate of drug-likeness (QED) is 0.875. The van der Waals surface area contributed by atoms with E-state index >= 15 is 0 Å². The number of aromatic carboxylic acids is 1. The van der Waals surface area contributed by atoms with Gasteiger partial charge in [-0.2, -0.15) is 0 Å². The Morgan fingerprint density at radius 2 is 2.19 bits per heavy atom. The van der Waals surface area contributed by atoms with E-state index < -0.39 is 11.8 Å². The number of rotatable bonds is 2. The lowest BCUT2D eigenvalue weighted by Crippen LogP contribution is -1.98. The van der Waals surface area contributed by atoms with Crippen molar-refractivity contribution in [2.75, 3.05) is 0 Å². The van der Waals surface area contributed by atoms with Crippen LogP contribution in [0.5, 0.6) is 0 Å². The second kappa shape index (κ2) is 3.83. The van der Waals surface area contributed by atoms with Crippen LogP contribution in [0.25, 0.3) is 10.2 Å². The van der Waals surface area contributed by atoms with Crippen LogP contribution >= 0.6 is 11.3 Å². The Kier molecular flexibility index (Phi) is 2.63. The SMILES string of the molecule is CC(C)c1nc2c(C(=O)O)cc(F)cc2s1. The minimum Gasteiger partial charge on any atom is -0.478 e. The molecule has 0 radical (unpaired) electrons. The predicted octanol–water partition coefficient (Wildman–Crippen LogP) is 3.26. The Bertz CT molecular complexity index is 562. The van der Waals surface area contributed by atoms with Crippen molar-refractivity contribution in [3.63, 3.8) is 0 Å². The average Bonchev–Trinajstić information content (AvgIpc) is 2.59. The fourth-order valence-corrected chi connectivity index (χ4v) is 2.44. The van der Waals surface area contributed by atoms with Crippen LogP contribution in [0.15, 0.2) is 12.1 Å². The Morgan fingerprint density at radius 1 is 1.50 bits per heavy atom. The third-order valence-corrected chi connectivity index (χ3v) is 3.50. The molecule has 1 N–H and O–H groups in total. The van der Waals surface area contributed by atoms with Crippen LogP contribution in [0, 0.1) is 5.82 Å². The number of hydrogen-bond acceptors (Lipinski definition) is 3. The van der Waals surface area contributed by atoms with Crippen molar-refractivity contribution in [3.05, 3.63) is 28.5 Å². The second-order valence-electron chi connectivity index (χ2n) is 3.81. The van der Waals surface area contributed by atoms with Gasteiger partial charge in [-0.15, -0.1) is 11.3 Å². The lowest BCUT2D eigenvalue weighted by molar-refractivity contribution is 0.0698. The highest BCUT2D eigenvalue weighted by Crippen LogP contribution is 2.30. The van der Waals surface area contributed by atoms with Crippen LogP contribution in [0.1, 0.15) is 35.1 Å². The van der Waals surface area contributed by atoms with Crippen LogP contribution in [0.3, 0.4) is 0 Å². The molecule has 0 saturated heterocycles. The molecule has 0 fully saturated rings. The molecule has 1 heterocycles. The molecule has 1 aromatic heterocycles. The summed E-state index contributed by atoms with van der Waals surface area (Å²) in [6.45, 7) is 3.93. The van der Waals surface area contributed by atoms with Gasteiger partial charge in [-0.1, -0.05) is 13.8 Å². The zero-order valence-electron chi connectivity index (χ0n) is 8.82. The van der Waals surface area contributed by atoms with Gasteiger partial charge in [-0.3, -0.25) is 0 Å². The first-order valence-corrected chi connectivity index (χ1v) is 5.64. The Labute approximate surface area is 95.6 Å². The lowest BCUT2D eigenvalue weighted by atomic mass is 10.2. The minimum absolute atomic E-state index is 0.0712. The van der Waals surface area contributed by atoms with Crippen LogP contribution in [-0.4, -0.2) is 16.1 Å². The zero-order chi connectivity index (χ0) is 11.9. The summed E-state index contributed by atoms with van der Waals surface area (Å²) < 4.78 is 13.8. The van der Waals surface area contributed by atoms with Crippen LogP contribution in [0.2, 0.25) is 0 Å². The molecular weight excluding hydrogens is 229 g/mol. The summed E-state index contributed by atoms with van der Waals surface area (Å²) >= 11 is 1.34. The molecule has 0 bridgehead atoms. The molecular formula is C11H10FNO2S. The fraction of sp³-hybridized carbons (Fsp3) is 0.273. The first kappa shape index (κ1) is 11.0. The highest BCUT2D eigenvalue weighted by molar-refractivity contribution is 7.18. The molecule has 3 nitrogen and oxygen atoms in total. The molecule has 0 atom stereocenters. The van der Waals surface area contributed by atoms with E-state index in [2.05, 4.69) is 4.98 Å². The summed E-state index contributed by atoms with van der Waals surface area (Å²) in [5, 5.41) is 9.78. The van der Waals surface area contributed by atoms with E-state index in [4.69, 9.17) is 5.11 Å². The number of nitrogens with zero attached hydrogens (tertiary/aromatic N) is 1. The van der Waals surface area contributed by atoms with E-state index in [1.165, 1.54) is 17.4 Å². The molecule has 0 aliphatic carbocycles. The molecule has 5 heteroatoms. The van der Waals surface area contributed by atoms with Crippen molar-refractivity contribution in [2.45, 2.75) is 19.8 Å². The highest BCUT2D eigenvalue weighted by Gasteiger charge is 2.16. The first-order valence-electron chi connectivity index (χ1n) is 4.82. The summed E-state index contributed by atoms with van der Waals surface area (Å²) in [4.78, 5) is 15.2. The van der Waals surface area contributed by atoms with Gasteiger partial charge in [0.25, 0.3) is 0 Å². The first-order chi connectivity index (χ1) is 7.49. The number of carbonyl (C=O) groups is 1. The highest BCUT2D eigenvalue weighted by atomic mass is 32.1. The van der Waals surface area contributed by atoms with Gasteiger partial charge in [-0.25, -0.2) is 14.2 Å². The van der Waals surface area contributed by atoms with Gasteiger partial charge in [0.15, 0.2) is 0 Å². The Hall–Kier alpha value is -1.49. The van der Waals surface area contributed by atoms with E-state index in [9.17, 15) is 9.18 Å². The van der Waals surface area contributed by atoms with Gasteiger partial charge in [-0.05, 0) is 12.1 Å². The number of benzene rings is 1. The van der Waals surface area contributed by atoms with Gasteiger partial charge >= 0.3 is 5.97 Å². The largest absolute Gasteiger partial charge is 0.478 e. The van der Waals surface area contributed by atoms with Crippen LogP contribution < -0.4 is 0 Å². The number of carboxylic acid groups (broad SMARTS) is 1. The van der Waals surface area contributed by atoms with Crippen LogP contribution in [-0.2, 0) is 0 Å². The predicted molar refractivity (Wildman–Crippen MR) is 60.6 cm³/mol. The minimum atomic E-state index is -1.15. The molecule has 2 aromatic rings. The third-order valence-electron chi connectivity index (χ3n) is 2.20. The summed E-state index contributed by atoms with van der Waals surface area (Å²) in [6.07, 6.45) is 0. The Morgan fingerprint density at radius 3 is 2.75 bits per heavy atom. The van der Waals surface area contributed by atoms with E-state index in [0.29, 0.717) is 10.2 Å². The zero-order valence-corrected chi connectivity index (χ0v) is 9.64. The number of carboxylic acids is 1. The van der Waals surface area contributed by atoms with Crippen molar-refractivity contribution in [3.8, 4) is 0 Å². The molecule has 0 unspecified atom stereocenters. The summed E-state index contributed by atoms with van der Waals surface area (Å²) in [7, 11) is 0. The normalized spacial score (nSPS) is 11.2. The molecule has 0 amide bonds. The van der Waals surface area contributed by atoms with Crippen molar-refractivity contribution in [1.29, 1.82) is 0 Å². The maximum atomic E-state index is 13.2. The van der Waals surface area contributed by atoms with Crippen molar-refractivity contribution >= 4 is 27.5 Å². The number of fused-ring (bicyclic) bond motifs is 1. The summed E-state index contributed by atoms with van der Waals surface area (Å²) in [5.41, 5.74) is 0.306. The van der Waals surface area contributed by atoms with Gasteiger partial charge < -0.3 is 5.11 Å². The van der Waals surface area contributed by atoms with Gasteiger partial charge in [0, 0.05) is 5.92 Å². The van der Waals surface area contributed by atoms with E-state index in [-0.39, 0.29) is 11.5 Å². The summed E-state index contributed by atoms with van der Waals surface area (Å²) in [5.74, 6) is -1.48.